The number of rotatable bonds is 6. The van der Waals surface area contributed by atoms with Crippen molar-refractivity contribution >= 4 is 29.3 Å². The first-order valence-electron chi connectivity index (χ1n) is 7.83. The highest BCUT2D eigenvalue weighted by molar-refractivity contribution is 7.99. The molecule has 1 heterocycles. The molecule has 1 saturated heterocycles. The Kier molecular flexibility index (Phi) is 5.90. The number of methoxy groups -OCH3 is 1. The first kappa shape index (κ1) is 18.8. The fraction of sp³-hybridized carbons (Fsp3) is 0.278. The monoisotopic (exact) mass is 397 g/mol. The zero-order valence-corrected chi connectivity index (χ0v) is 15.4. The summed E-state index contributed by atoms with van der Waals surface area (Å²) >= 11 is 7.31. The first-order chi connectivity index (χ1) is 12.5. The van der Waals surface area contributed by atoms with E-state index in [2.05, 4.69) is 5.32 Å². The first-order valence-corrected chi connectivity index (χ1v) is 9.25. The Labute approximate surface area is 159 Å². The normalized spacial score (nSPS) is 19.3. The van der Waals surface area contributed by atoms with E-state index in [0.717, 1.165) is 11.1 Å². The lowest BCUT2D eigenvalue weighted by Gasteiger charge is -2.16. The van der Waals surface area contributed by atoms with E-state index in [0.29, 0.717) is 17.3 Å². The number of ether oxygens (including phenoxy) is 2. The fourth-order valence-electron chi connectivity index (χ4n) is 2.61. The largest absolute Gasteiger partial charge is 0.496 e. The van der Waals surface area contributed by atoms with Gasteiger partial charge in [-0.3, -0.25) is 10.1 Å². The van der Waals surface area contributed by atoms with E-state index >= 15 is 0 Å². The molecule has 0 amide bonds. The third-order valence-electron chi connectivity index (χ3n) is 3.97. The average molecular weight is 398 g/mol. The van der Waals surface area contributed by atoms with E-state index < -0.39 is 17.8 Å². The molecule has 0 aliphatic carbocycles. The number of carboxylic acid groups (broad SMARTS) is 1. The van der Waals surface area contributed by atoms with Crippen molar-refractivity contribution < 1.29 is 23.8 Å². The molecule has 0 radical (unpaired) electrons. The molecule has 8 heteroatoms. The standard InChI is InChI=1S/C18H17ClFNO4S/c1-24-16-5-2-10(17-21-15(9-26-17)18(22)23)6-11(16)8-25-12-3-4-14(20)13(19)7-12/h2-7,15,17,21H,8-9H2,1H3,(H,22,23)/t15-,17+/m1/s1. The van der Waals surface area contributed by atoms with Crippen LogP contribution in [0.5, 0.6) is 11.5 Å². The molecule has 0 unspecified atom stereocenters. The summed E-state index contributed by atoms with van der Waals surface area (Å²) < 4.78 is 24.3. The van der Waals surface area contributed by atoms with E-state index in [9.17, 15) is 9.18 Å². The molecule has 1 aliphatic heterocycles. The predicted molar refractivity (Wildman–Crippen MR) is 98.5 cm³/mol. The van der Waals surface area contributed by atoms with Crippen LogP contribution >= 0.6 is 23.4 Å². The maximum absolute atomic E-state index is 13.2. The molecule has 5 nitrogen and oxygen atoms in total. The zero-order valence-electron chi connectivity index (χ0n) is 13.9. The predicted octanol–water partition coefficient (Wildman–Crippen LogP) is 3.85. The molecule has 2 N–H and O–H groups in total. The fourth-order valence-corrected chi connectivity index (χ4v) is 4.00. The van der Waals surface area contributed by atoms with Crippen LogP contribution in [0.15, 0.2) is 36.4 Å². The van der Waals surface area contributed by atoms with E-state index in [1.807, 2.05) is 18.2 Å². The van der Waals surface area contributed by atoms with Crippen molar-refractivity contribution in [3.05, 3.63) is 58.4 Å². The Bertz CT molecular complexity index is 820. The van der Waals surface area contributed by atoms with Crippen LogP contribution in [-0.2, 0) is 11.4 Å². The Morgan fingerprint density at radius 1 is 1.38 bits per heavy atom. The smallest absolute Gasteiger partial charge is 0.321 e. The van der Waals surface area contributed by atoms with Gasteiger partial charge in [0.1, 0.15) is 30.0 Å². The molecule has 3 rings (SSSR count). The lowest BCUT2D eigenvalue weighted by atomic mass is 10.1. The minimum Gasteiger partial charge on any atom is -0.496 e. The summed E-state index contributed by atoms with van der Waals surface area (Å²) in [5.74, 6) is 0.246. The lowest BCUT2D eigenvalue weighted by Crippen LogP contribution is -2.33. The molecule has 0 bridgehead atoms. The van der Waals surface area contributed by atoms with Crippen LogP contribution in [0.4, 0.5) is 4.39 Å². The second kappa shape index (κ2) is 8.16. The number of hydrogen-bond donors (Lipinski definition) is 2. The summed E-state index contributed by atoms with van der Waals surface area (Å²) in [4.78, 5) is 11.1. The van der Waals surface area contributed by atoms with Crippen LogP contribution in [-0.4, -0.2) is 30.0 Å². The topological polar surface area (TPSA) is 67.8 Å². The molecular formula is C18H17ClFNO4S. The van der Waals surface area contributed by atoms with Gasteiger partial charge in [-0.25, -0.2) is 4.39 Å². The van der Waals surface area contributed by atoms with Gasteiger partial charge in [0.2, 0.25) is 0 Å². The van der Waals surface area contributed by atoms with E-state index in [-0.39, 0.29) is 17.0 Å². The van der Waals surface area contributed by atoms with Crippen molar-refractivity contribution in [1.29, 1.82) is 0 Å². The van der Waals surface area contributed by atoms with E-state index in [1.54, 1.807) is 7.11 Å². The summed E-state index contributed by atoms with van der Waals surface area (Å²) in [5.41, 5.74) is 1.74. The van der Waals surface area contributed by atoms with Crippen LogP contribution in [0.3, 0.4) is 0 Å². The number of hydrogen-bond acceptors (Lipinski definition) is 5. The van der Waals surface area contributed by atoms with Crippen molar-refractivity contribution in [1.82, 2.24) is 5.32 Å². The minimum absolute atomic E-state index is 0.00511. The Hall–Kier alpha value is -1.96. The van der Waals surface area contributed by atoms with Crippen LogP contribution in [0.25, 0.3) is 0 Å². The highest BCUT2D eigenvalue weighted by atomic mass is 35.5. The molecule has 1 fully saturated rings. The molecular weight excluding hydrogens is 381 g/mol. The summed E-state index contributed by atoms with van der Waals surface area (Å²) in [6.07, 6.45) is 0. The quantitative estimate of drug-likeness (QED) is 0.771. The number of carbonyl (C=O) groups is 1. The summed E-state index contributed by atoms with van der Waals surface area (Å²) in [6.45, 7) is 0.207. The molecule has 0 aromatic heterocycles. The van der Waals surface area contributed by atoms with Crippen LogP contribution in [0.2, 0.25) is 5.02 Å². The molecule has 1 aliphatic rings. The van der Waals surface area contributed by atoms with Gasteiger partial charge in [-0.05, 0) is 29.8 Å². The third kappa shape index (κ3) is 4.23. The van der Waals surface area contributed by atoms with Crippen LogP contribution < -0.4 is 14.8 Å². The van der Waals surface area contributed by atoms with Gasteiger partial charge in [0.05, 0.1) is 17.5 Å². The number of aliphatic carboxylic acids is 1. The Morgan fingerprint density at radius 2 is 2.19 bits per heavy atom. The number of carboxylic acids is 1. The minimum atomic E-state index is -0.856. The zero-order chi connectivity index (χ0) is 18.7. The number of nitrogens with one attached hydrogen (secondary N) is 1. The van der Waals surface area contributed by atoms with Crippen molar-refractivity contribution in [2.75, 3.05) is 12.9 Å². The second-order valence-corrected chi connectivity index (χ2v) is 7.25. The van der Waals surface area contributed by atoms with Crippen molar-refractivity contribution in [3.63, 3.8) is 0 Å². The van der Waals surface area contributed by atoms with Crippen LogP contribution in [0.1, 0.15) is 16.5 Å². The SMILES string of the molecule is COc1ccc([C@H]2N[C@@H](C(=O)O)CS2)cc1COc1ccc(F)c(Cl)c1. The van der Waals surface area contributed by atoms with Gasteiger partial charge in [-0.2, -0.15) is 0 Å². The molecule has 138 valence electrons. The lowest BCUT2D eigenvalue weighted by molar-refractivity contribution is -0.138. The molecule has 0 saturated carbocycles. The molecule has 2 aromatic rings. The Balaban J connectivity index is 1.75. The molecule has 26 heavy (non-hydrogen) atoms. The van der Waals surface area contributed by atoms with Crippen molar-refractivity contribution in [2.24, 2.45) is 0 Å². The summed E-state index contributed by atoms with van der Waals surface area (Å²) in [6, 6.07) is 9.24. The second-order valence-electron chi connectivity index (χ2n) is 5.71. The Morgan fingerprint density at radius 3 is 2.85 bits per heavy atom. The molecule has 0 spiro atoms. The van der Waals surface area contributed by atoms with Crippen LogP contribution in [0, 0.1) is 5.82 Å². The van der Waals surface area contributed by atoms with Gasteiger partial charge >= 0.3 is 5.97 Å². The molecule has 2 aromatic carbocycles. The van der Waals surface area contributed by atoms with Crippen molar-refractivity contribution in [2.45, 2.75) is 18.0 Å². The van der Waals surface area contributed by atoms with E-state index in [1.165, 1.54) is 30.0 Å². The van der Waals surface area contributed by atoms with Gasteiger partial charge < -0.3 is 14.6 Å². The van der Waals surface area contributed by atoms with Gasteiger partial charge in [-0.15, -0.1) is 11.8 Å². The van der Waals surface area contributed by atoms with Gasteiger partial charge in [0, 0.05) is 17.4 Å². The number of thioether (sulfide) groups is 1. The molecule has 2 atom stereocenters. The van der Waals surface area contributed by atoms with Gasteiger partial charge in [0.15, 0.2) is 0 Å². The average Bonchev–Trinajstić information content (AvgIpc) is 3.13. The van der Waals surface area contributed by atoms with Crippen molar-refractivity contribution in [3.8, 4) is 11.5 Å². The highest BCUT2D eigenvalue weighted by Crippen LogP contribution is 2.35. The van der Waals surface area contributed by atoms with E-state index in [4.69, 9.17) is 26.2 Å². The summed E-state index contributed by atoms with van der Waals surface area (Å²) in [5, 5.41) is 12.1. The van der Waals surface area contributed by atoms with Gasteiger partial charge in [-0.1, -0.05) is 17.7 Å². The maximum atomic E-state index is 13.2. The highest BCUT2D eigenvalue weighted by Gasteiger charge is 2.30. The van der Waals surface area contributed by atoms with Gasteiger partial charge in [0.25, 0.3) is 0 Å². The summed E-state index contributed by atoms with van der Waals surface area (Å²) in [7, 11) is 1.57. The third-order valence-corrected chi connectivity index (χ3v) is 5.53. The number of benzene rings is 2. The maximum Gasteiger partial charge on any atom is 0.321 e. The number of halogens is 2.